The van der Waals surface area contributed by atoms with Gasteiger partial charge in [0.2, 0.25) is 0 Å². The number of halogens is 3. The van der Waals surface area contributed by atoms with Crippen LogP contribution in [0.4, 0.5) is 8.78 Å². The second-order valence-corrected chi connectivity index (χ2v) is 5.56. The lowest BCUT2D eigenvalue weighted by Gasteiger charge is -2.10. The van der Waals surface area contributed by atoms with E-state index in [1.807, 2.05) is 18.2 Å². The van der Waals surface area contributed by atoms with E-state index in [1.165, 1.54) is 6.07 Å². The Bertz CT molecular complexity index is 791. The molecule has 3 N–H and O–H groups in total. The van der Waals surface area contributed by atoms with E-state index in [0.717, 1.165) is 17.7 Å². The summed E-state index contributed by atoms with van der Waals surface area (Å²) in [7, 11) is 3.18. The Balaban J connectivity index is 0.00000392. The largest absolute Gasteiger partial charge is 0.493 e. The Labute approximate surface area is 180 Å². The van der Waals surface area contributed by atoms with Gasteiger partial charge in [0.1, 0.15) is 12.4 Å². The van der Waals surface area contributed by atoms with Gasteiger partial charge in [-0.15, -0.1) is 24.0 Å². The summed E-state index contributed by atoms with van der Waals surface area (Å²) < 4.78 is 41.7. The molecule has 0 fully saturated rings. The van der Waals surface area contributed by atoms with Gasteiger partial charge < -0.3 is 25.3 Å². The molecule has 2 aromatic carbocycles. The first-order valence-electron chi connectivity index (χ1n) is 8.36. The molecule has 0 aliphatic rings. The SMILES string of the molecule is COc1ccc(CCN=C(N)NCCOc2ccc(F)c(F)c2)cc1OC.I. The predicted molar refractivity (Wildman–Crippen MR) is 115 cm³/mol. The van der Waals surface area contributed by atoms with Crippen molar-refractivity contribution < 1.29 is 23.0 Å². The maximum Gasteiger partial charge on any atom is 0.188 e. The molecule has 0 bridgehead atoms. The molecule has 0 spiro atoms. The fourth-order valence-electron chi connectivity index (χ4n) is 2.31. The lowest BCUT2D eigenvalue weighted by molar-refractivity contribution is 0.319. The first kappa shape index (κ1) is 23.7. The van der Waals surface area contributed by atoms with Crippen molar-refractivity contribution in [2.24, 2.45) is 10.7 Å². The zero-order chi connectivity index (χ0) is 19.6. The topological polar surface area (TPSA) is 78.1 Å². The molecular weight excluding hydrogens is 483 g/mol. The van der Waals surface area contributed by atoms with E-state index in [-0.39, 0.29) is 42.3 Å². The molecular formula is C19H24F2IN3O3. The molecule has 0 amide bonds. The van der Waals surface area contributed by atoms with Crippen LogP contribution in [0.3, 0.4) is 0 Å². The summed E-state index contributed by atoms with van der Waals surface area (Å²) >= 11 is 0. The molecule has 2 aromatic rings. The van der Waals surface area contributed by atoms with Gasteiger partial charge in [0.05, 0.1) is 20.8 Å². The highest BCUT2D eigenvalue weighted by Gasteiger charge is 2.05. The standard InChI is InChI=1S/C19H23F2N3O3.HI/c1-25-17-6-3-13(11-18(17)26-2)7-8-23-19(22)24-9-10-27-14-4-5-15(20)16(21)12-14;/h3-6,11-12H,7-10H2,1-2H3,(H3,22,23,24);1H. The number of benzene rings is 2. The van der Waals surface area contributed by atoms with Crippen molar-refractivity contribution in [1.82, 2.24) is 5.32 Å². The minimum atomic E-state index is -0.948. The molecule has 0 saturated heterocycles. The number of nitrogens with two attached hydrogens (primary N) is 1. The summed E-state index contributed by atoms with van der Waals surface area (Å²) in [6.07, 6.45) is 0.689. The number of hydrogen-bond acceptors (Lipinski definition) is 4. The number of nitrogens with zero attached hydrogens (tertiary/aromatic N) is 1. The Morgan fingerprint density at radius 1 is 1.04 bits per heavy atom. The number of ether oxygens (including phenoxy) is 3. The van der Waals surface area contributed by atoms with Crippen LogP contribution in [0.15, 0.2) is 41.4 Å². The fourth-order valence-corrected chi connectivity index (χ4v) is 2.31. The third kappa shape index (κ3) is 7.37. The maximum atomic E-state index is 13.1. The van der Waals surface area contributed by atoms with Gasteiger partial charge in [-0.3, -0.25) is 4.99 Å². The van der Waals surface area contributed by atoms with Gasteiger partial charge >= 0.3 is 0 Å². The Morgan fingerprint density at radius 2 is 1.79 bits per heavy atom. The first-order valence-corrected chi connectivity index (χ1v) is 8.36. The maximum absolute atomic E-state index is 13.1. The van der Waals surface area contributed by atoms with Crippen LogP contribution in [0.1, 0.15) is 5.56 Å². The minimum Gasteiger partial charge on any atom is -0.493 e. The van der Waals surface area contributed by atoms with Gasteiger partial charge in [-0.1, -0.05) is 6.07 Å². The van der Waals surface area contributed by atoms with E-state index in [9.17, 15) is 8.78 Å². The summed E-state index contributed by atoms with van der Waals surface area (Å²) in [6, 6.07) is 9.05. The summed E-state index contributed by atoms with van der Waals surface area (Å²) in [5, 5.41) is 2.90. The average Bonchev–Trinajstić information content (AvgIpc) is 2.67. The van der Waals surface area contributed by atoms with E-state index in [4.69, 9.17) is 19.9 Å². The highest BCUT2D eigenvalue weighted by Crippen LogP contribution is 2.27. The number of methoxy groups -OCH3 is 2. The van der Waals surface area contributed by atoms with Crippen LogP contribution in [-0.2, 0) is 6.42 Å². The predicted octanol–water partition coefficient (Wildman–Crippen LogP) is 3.13. The molecule has 0 saturated carbocycles. The van der Waals surface area contributed by atoms with Crippen LogP contribution in [-0.4, -0.2) is 39.9 Å². The molecule has 2 rings (SSSR count). The third-order valence-electron chi connectivity index (χ3n) is 3.70. The minimum absolute atomic E-state index is 0. The van der Waals surface area contributed by atoms with Crippen LogP contribution in [0.25, 0.3) is 0 Å². The molecule has 0 aliphatic heterocycles. The number of rotatable bonds is 9. The van der Waals surface area contributed by atoms with Crippen molar-refractivity contribution >= 4 is 29.9 Å². The second-order valence-electron chi connectivity index (χ2n) is 5.56. The first-order chi connectivity index (χ1) is 13.0. The van der Waals surface area contributed by atoms with Crippen molar-refractivity contribution in [3.63, 3.8) is 0 Å². The molecule has 0 heterocycles. The van der Waals surface area contributed by atoms with E-state index >= 15 is 0 Å². The quantitative estimate of drug-likeness (QED) is 0.236. The lowest BCUT2D eigenvalue weighted by Crippen LogP contribution is -2.35. The second kappa shape index (κ2) is 12.2. The summed E-state index contributed by atoms with van der Waals surface area (Å²) in [5.41, 5.74) is 6.84. The molecule has 9 heteroatoms. The van der Waals surface area contributed by atoms with Crippen molar-refractivity contribution in [2.75, 3.05) is 33.9 Å². The van der Waals surface area contributed by atoms with Gasteiger partial charge in [-0.05, 0) is 36.2 Å². The molecule has 0 unspecified atom stereocenters. The highest BCUT2D eigenvalue weighted by atomic mass is 127. The Morgan fingerprint density at radius 3 is 2.46 bits per heavy atom. The van der Waals surface area contributed by atoms with Crippen LogP contribution in [0.2, 0.25) is 0 Å². The molecule has 0 aromatic heterocycles. The summed E-state index contributed by atoms with van der Waals surface area (Å²) in [4.78, 5) is 4.23. The van der Waals surface area contributed by atoms with Crippen molar-refractivity contribution in [1.29, 1.82) is 0 Å². The smallest absolute Gasteiger partial charge is 0.188 e. The fraction of sp³-hybridized carbons (Fsp3) is 0.316. The lowest BCUT2D eigenvalue weighted by atomic mass is 10.1. The van der Waals surface area contributed by atoms with Crippen molar-refractivity contribution in [3.05, 3.63) is 53.6 Å². The summed E-state index contributed by atoms with van der Waals surface area (Å²) in [5.74, 6) is 0.0125. The van der Waals surface area contributed by atoms with Gasteiger partial charge in [-0.2, -0.15) is 0 Å². The van der Waals surface area contributed by atoms with Gasteiger partial charge in [-0.25, -0.2) is 8.78 Å². The molecule has 154 valence electrons. The number of guanidine groups is 1. The molecule has 0 radical (unpaired) electrons. The van der Waals surface area contributed by atoms with Gasteiger partial charge in [0.25, 0.3) is 0 Å². The average molecular weight is 507 g/mol. The molecule has 0 atom stereocenters. The molecule has 28 heavy (non-hydrogen) atoms. The number of hydrogen-bond donors (Lipinski definition) is 2. The normalized spacial score (nSPS) is 10.8. The van der Waals surface area contributed by atoms with E-state index in [0.29, 0.717) is 31.0 Å². The summed E-state index contributed by atoms with van der Waals surface area (Å²) in [6.45, 7) is 1.11. The van der Waals surface area contributed by atoms with Crippen molar-refractivity contribution in [2.45, 2.75) is 6.42 Å². The van der Waals surface area contributed by atoms with Crippen LogP contribution >= 0.6 is 24.0 Å². The Kier molecular flexibility index (Phi) is 10.4. The monoisotopic (exact) mass is 507 g/mol. The van der Waals surface area contributed by atoms with E-state index in [1.54, 1.807) is 14.2 Å². The van der Waals surface area contributed by atoms with Crippen LogP contribution in [0, 0.1) is 11.6 Å². The third-order valence-corrected chi connectivity index (χ3v) is 3.70. The van der Waals surface area contributed by atoms with E-state index in [2.05, 4.69) is 10.3 Å². The molecule has 0 aliphatic carbocycles. The Hall–Kier alpha value is -2.30. The van der Waals surface area contributed by atoms with Crippen LogP contribution in [0.5, 0.6) is 17.2 Å². The van der Waals surface area contributed by atoms with E-state index < -0.39 is 11.6 Å². The van der Waals surface area contributed by atoms with Gasteiger partial charge in [0, 0.05) is 12.6 Å². The number of nitrogens with one attached hydrogen (secondary N) is 1. The van der Waals surface area contributed by atoms with Crippen molar-refractivity contribution in [3.8, 4) is 17.2 Å². The van der Waals surface area contributed by atoms with Gasteiger partial charge in [0.15, 0.2) is 29.1 Å². The van der Waals surface area contributed by atoms with Crippen LogP contribution < -0.4 is 25.3 Å². The molecule has 6 nitrogen and oxygen atoms in total. The zero-order valence-corrected chi connectivity index (χ0v) is 18.0. The number of aliphatic imine (C=N–C) groups is 1. The highest BCUT2D eigenvalue weighted by molar-refractivity contribution is 14.0. The zero-order valence-electron chi connectivity index (χ0n) is 15.7.